The van der Waals surface area contributed by atoms with Gasteiger partial charge in [-0.1, -0.05) is 28.1 Å². The van der Waals surface area contributed by atoms with Crippen molar-refractivity contribution in [2.24, 2.45) is 0 Å². The molecule has 6 heteroatoms. The fourth-order valence-corrected chi connectivity index (χ4v) is 2.72. The number of rotatable bonds is 4. The first-order valence-corrected chi connectivity index (χ1v) is 7.49. The van der Waals surface area contributed by atoms with Gasteiger partial charge in [-0.3, -0.25) is 0 Å². The van der Waals surface area contributed by atoms with Gasteiger partial charge in [0.1, 0.15) is 0 Å². The number of hydrogen-bond donors (Lipinski definition) is 2. The van der Waals surface area contributed by atoms with Gasteiger partial charge in [0, 0.05) is 16.6 Å². The van der Waals surface area contributed by atoms with Crippen LogP contribution in [0.2, 0.25) is 0 Å². The van der Waals surface area contributed by atoms with Crippen LogP contribution in [0.1, 0.15) is 26.3 Å². The molecule has 17 heavy (non-hydrogen) atoms. The fraction of sp³-hybridized carbons (Fsp3) is 0.455. The van der Waals surface area contributed by atoms with Gasteiger partial charge in [0.05, 0.1) is 0 Å². The molecule has 0 aliphatic carbocycles. The molecular weight excluding hydrogens is 304 g/mol. The van der Waals surface area contributed by atoms with Crippen LogP contribution >= 0.6 is 15.9 Å². The zero-order valence-electron chi connectivity index (χ0n) is 10.1. The molecule has 4 nitrogen and oxygen atoms in total. The number of hydrogen-bond acceptors (Lipinski definition) is 2. The van der Waals surface area contributed by atoms with Crippen LogP contribution in [0.15, 0.2) is 28.7 Å². The zero-order valence-corrected chi connectivity index (χ0v) is 12.5. The highest BCUT2D eigenvalue weighted by Gasteiger charge is 2.18. The molecule has 0 spiro atoms. The minimum absolute atomic E-state index is 0.276. The summed E-state index contributed by atoms with van der Waals surface area (Å²) in [6.07, 6.45) is 0. The molecule has 0 aromatic heterocycles. The van der Waals surface area contributed by atoms with E-state index in [1.807, 2.05) is 24.3 Å². The summed E-state index contributed by atoms with van der Waals surface area (Å²) in [5, 5.41) is 0. The van der Waals surface area contributed by atoms with E-state index in [0.29, 0.717) is 0 Å². The fourth-order valence-electron chi connectivity index (χ4n) is 1.22. The van der Waals surface area contributed by atoms with Crippen molar-refractivity contribution >= 4 is 26.1 Å². The molecule has 1 aromatic carbocycles. The van der Waals surface area contributed by atoms with Crippen molar-refractivity contribution in [3.8, 4) is 0 Å². The van der Waals surface area contributed by atoms with Crippen molar-refractivity contribution in [3.05, 3.63) is 34.3 Å². The summed E-state index contributed by atoms with van der Waals surface area (Å²) >= 11 is 3.32. The second-order valence-electron chi connectivity index (χ2n) is 4.80. The Labute approximate surface area is 111 Å². The molecule has 0 heterocycles. The first-order valence-electron chi connectivity index (χ1n) is 5.21. The van der Waals surface area contributed by atoms with Gasteiger partial charge in [-0.05, 0) is 38.5 Å². The van der Waals surface area contributed by atoms with E-state index < -0.39 is 15.7 Å². The van der Waals surface area contributed by atoms with Crippen LogP contribution in [-0.4, -0.2) is 14.0 Å². The van der Waals surface area contributed by atoms with Gasteiger partial charge in [-0.2, -0.15) is 17.9 Å². The molecule has 0 atom stereocenters. The van der Waals surface area contributed by atoms with Gasteiger partial charge in [-0.15, -0.1) is 0 Å². The summed E-state index contributed by atoms with van der Waals surface area (Å²) in [6, 6.07) is 7.48. The van der Waals surface area contributed by atoms with Crippen LogP contribution in [0.5, 0.6) is 0 Å². The molecule has 0 radical (unpaired) electrons. The Balaban J connectivity index is 2.59. The lowest BCUT2D eigenvalue weighted by Crippen LogP contribution is -2.46. The molecule has 0 aliphatic rings. The van der Waals surface area contributed by atoms with E-state index in [2.05, 4.69) is 25.4 Å². The second-order valence-corrected chi connectivity index (χ2v) is 7.22. The maximum absolute atomic E-state index is 11.7. The Hall–Kier alpha value is -0.430. The normalized spacial score (nSPS) is 12.7. The Bertz CT molecular complexity index is 463. The Morgan fingerprint density at radius 1 is 1.18 bits per heavy atom. The molecule has 0 saturated carbocycles. The standard InChI is InChI=1S/C11H17BrN2O2S/c1-11(2,3)14-17(15,16)13-8-9-4-6-10(12)7-5-9/h4-7,13-14H,8H2,1-3H3. The van der Waals surface area contributed by atoms with Gasteiger partial charge >= 0.3 is 0 Å². The summed E-state index contributed by atoms with van der Waals surface area (Å²) in [7, 11) is -3.46. The molecule has 96 valence electrons. The summed E-state index contributed by atoms with van der Waals surface area (Å²) in [4.78, 5) is 0. The molecule has 2 N–H and O–H groups in total. The Morgan fingerprint density at radius 2 is 1.71 bits per heavy atom. The van der Waals surface area contributed by atoms with Crippen molar-refractivity contribution in [3.63, 3.8) is 0 Å². The molecule has 0 amide bonds. The van der Waals surface area contributed by atoms with Crippen LogP contribution in [0.25, 0.3) is 0 Å². The lowest BCUT2D eigenvalue weighted by atomic mass is 10.1. The predicted molar refractivity (Wildman–Crippen MR) is 72.8 cm³/mol. The SMILES string of the molecule is CC(C)(C)NS(=O)(=O)NCc1ccc(Br)cc1. The molecule has 1 rings (SSSR count). The van der Waals surface area contributed by atoms with Crippen LogP contribution in [0.4, 0.5) is 0 Å². The molecular formula is C11H17BrN2O2S. The van der Waals surface area contributed by atoms with E-state index in [-0.39, 0.29) is 6.54 Å². The minimum Gasteiger partial charge on any atom is -0.198 e. The quantitative estimate of drug-likeness (QED) is 0.893. The number of nitrogens with one attached hydrogen (secondary N) is 2. The van der Waals surface area contributed by atoms with Crippen LogP contribution in [0.3, 0.4) is 0 Å². The molecule has 0 bridgehead atoms. The summed E-state index contributed by atoms with van der Waals surface area (Å²) in [5.74, 6) is 0. The van der Waals surface area contributed by atoms with E-state index in [0.717, 1.165) is 10.0 Å². The van der Waals surface area contributed by atoms with Crippen molar-refractivity contribution in [2.75, 3.05) is 0 Å². The first kappa shape index (κ1) is 14.6. The van der Waals surface area contributed by atoms with Crippen LogP contribution in [-0.2, 0) is 16.8 Å². The number of halogens is 1. The third-order valence-corrected chi connectivity index (χ3v) is 3.75. The first-order chi connectivity index (χ1) is 7.68. The van der Waals surface area contributed by atoms with E-state index in [4.69, 9.17) is 0 Å². The Morgan fingerprint density at radius 3 is 2.18 bits per heavy atom. The topological polar surface area (TPSA) is 58.2 Å². The summed E-state index contributed by atoms with van der Waals surface area (Å²) in [6.45, 7) is 5.67. The van der Waals surface area contributed by atoms with Gasteiger partial charge in [0.15, 0.2) is 0 Å². The largest absolute Gasteiger partial charge is 0.277 e. The van der Waals surface area contributed by atoms with E-state index >= 15 is 0 Å². The van der Waals surface area contributed by atoms with Gasteiger partial charge < -0.3 is 0 Å². The summed E-state index contributed by atoms with van der Waals surface area (Å²) < 4.78 is 29.3. The van der Waals surface area contributed by atoms with E-state index in [1.165, 1.54) is 0 Å². The smallest absolute Gasteiger partial charge is 0.198 e. The van der Waals surface area contributed by atoms with Crippen molar-refractivity contribution in [2.45, 2.75) is 32.9 Å². The third-order valence-electron chi connectivity index (χ3n) is 1.82. The minimum atomic E-state index is -3.46. The second kappa shape index (κ2) is 5.48. The maximum Gasteiger partial charge on any atom is 0.277 e. The van der Waals surface area contributed by atoms with Crippen molar-refractivity contribution in [1.82, 2.24) is 9.44 Å². The monoisotopic (exact) mass is 320 g/mol. The lowest BCUT2D eigenvalue weighted by molar-refractivity contribution is 0.483. The zero-order chi connectivity index (χ0) is 13.1. The average Bonchev–Trinajstić information content (AvgIpc) is 2.13. The highest BCUT2D eigenvalue weighted by Crippen LogP contribution is 2.10. The third kappa shape index (κ3) is 6.16. The summed E-state index contributed by atoms with van der Waals surface area (Å²) in [5.41, 5.74) is 0.429. The highest BCUT2D eigenvalue weighted by molar-refractivity contribution is 9.10. The lowest BCUT2D eigenvalue weighted by Gasteiger charge is -2.20. The molecule has 0 fully saturated rings. The molecule has 0 aliphatic heterocycles. The van der Waals surface area contributed by atoms with E-state index in [9.17, 15) is 8.42 Å². The van der Waals surface area contributed by atoms with E-state index in [1.54, 1.807) is 20.8 Å². The van der Waals surface area contributed by atoms with Crippen molar-refractivity contribution in [1.29, 1.82) is 0 Å². The highest BCUT2D eigenvalue weighted by atomic mass is 79.9. The molecule has 0 saturated heterocycles. The van der Waals surface area contributed by atoms with Gasteiger partial charge in [0.25, 0.3) is 10.2 Å². The predicted octanol–water partition coefficient (Wildman–Crippen LogP) is 2.17. The van der Waals surface area contributed by atoms with Crippen LogP contribution < -0.4 is 9.44 Å². The number of benzene rings is 1. The molecule has 0 unspecified atom stereocenters. The van der Waals surface area contributed by atoms with Crippen LogP contribution in [0, 0.1) is 0 Å². The van der Waals surface area contributed by atoms with Crippen molar-refractivity contribution < 1.29 is 8.42 Å². The average molecular weight is 321 g/mol. The van der Waals surface area contributed by atoms with Gasteiger partial charge in [0.2, 0.25) is 0 Å². The maximum atomic E-state index is 11.7. The Kier molecular flexibility index (Phi) is 4.71. The molecule has 1 aromatic rings. The van der Waals surface area contributed by atoms with Gasteiger partial charge in [-0.25, -0.2) is 0 Å².